The van der Waals surface area contributed by atoms with Crippen LogP contribution in [0.25, 0.3) is 0 Å². The van der Waals surface area contributed by atoms with Gasteiger partial charge in [-0.15, -0.1) is 11.8 Å². The van der Waals surface area contributed by atoms with E-state index in [9.17, 15) is 9.90 Å². The zero-order valence-corrected chi connectivity index (χ0v) is 9.28. The number of nitrogens with two attached hydrogens (primary N) is 1. The van der Waals surface area contributed by atoms with Gasteiger partial charge in [0.2, 0.25) is 0 Å². The molecule has 82 valence electrons. The first-order valence-corrected chi connectivity index (χ1v) is 5.68. The van der Waals surface area contributed by atoms with Gasteiger partial charge in [0.05, 0.1) is 4.90 Å². The number of ketones is 1. The first kappa shape index (κ1) is 10.8. The molecule has 1 aliphatic carbocycles. The van der Waals surface area contributed by atoms with Crippen LogP contribution in [0.4, 0.5) is 0 Å². The Hall–Kier alpha value is -1.68. The van der Waals surface area contributed by atoms with Crippen molar-refractivity contribution in [1.82, 2.24) is 0 Å². The summed E-state index contributed by atoms with van der Waals surface area (Å²) >= 11 is 1.26. The maximum atomic E-state index is 11.6. The second kappa shape index (κ2) is 4.45. The highest BCUT2D eigenvalue weighted by atomic mass is 32.2. The molecule has 0 bridgehead atoms. The summed E-state index contributed by atoms with van der Waals surface area (Å²) in [7, 11) is 0. The fourth-order valence-electron chi connectivity index (χ4n) is 1.40. The van der Waals surface area contributed by atoms with E-state index in [4.69, 9.17) is 5.73 Å². The molecule has 1 aromatic rings. The Kier molecular flexibility index (Phi) is 3.01. The third kappa shape index (κ3) is 2.12. The third-order valence-electron chi connectivity index (χ3n) is 2.22. The molecule has 0 aromatic heterocycles. The molecule has 0 saturated heterocycles. The maximum Gasteiger partial charge on any atom is 0.174 e. The molecule has 1 aromatic carbocycles. The van der Waals surface area contributed by atoms with E-state index in [0.717, 1.165) is 0 Å². The topological polar surface area (TPSA) is 63.3 Å². The van der Waals surface area contributed by atoms with Gasteiger partial charge in [-0.2, -0.15) is 0 Å². The van der Waals surface area contributed by atoms with Gasteiger partial charge >= 0.3 is 0 Å². The summed E-state index contributed by atoms with van der Waals surface area (Å²) in [5, 5.41) is 9.17. The highest BCUT2D eigenvalue weighted by molar-refractivity contribution is 8.01. The van der Waals surface area contributed by atoms with Gasteiger partial charge in [-0.1, -0.05) is 18.2 Å². The molecule has 0 radical (unpaired) electrons. The zero-order valence-electron chi connectivity index (χ0n) is 8.46. The molecule has 3 nitrogen and oxygen atoms in total. The number of phenols is 1. The average molecular weight is 233 g/mol. The molecule has 0 amide bonds. The Bertz CT molecular complexity index is 480. The van der Waals surface area contributed by atoms with Gasteiger partial charge < -0.3 is 10.8 Å². The van der Waals surface area contributed by atoms with Crippen molar-refractivity contribution in [3.05, 3.63) is 48.2 Å². The minimum atomic E-state index is -0.432. The van der Waals surface area contributed by atoms with Crippen LogP contribution in [0.2, 0.25) is 0 Å². The fraction of sp³-hybridized carbons (Fsp3) is 0.0833. The normalized spacial score (nSPS) is 19.6. The van der Waals surface area contributed by atoms with E-state index in [1.165, 1.54) is 17.8 Å². The predicted octanol–water partition coefficient (Wildman–Crippen LogP) is 1.83. The Morgan fingerprint density at radius 1 is 1.31 bits per heavy atom. The van der Waals surface area contributed by atoms with Gasteiger partial charge in [0.1, 0.15) is 11.0 Å². The van der Waals surface area contributed by atoms with Crippen molar-refractivity contribution in [3.8, 4) is 5.75 Å². The number of allylic oxidation sites excluding steroid dienone is 3. The summed E-state index contributed by atoms with van der Waals surface area (Å²) in [6.45, 7) is 0. The number of carbonyl (C=O) groups excluding carboxylic acids is 1. The number of thioether (sulfide) groups is 1. The molecule has 1 atom stereocenters. The molecule has 2 rings (SSSR count). The molecule has 1 unspecified atom stereocenters. The van der Waals surface area contributed by atoms with E-state index in [-0.39, 0.29) is 11.5 Å². The highest BCUT2D eigenvalue weighted by Crippen LogP contribution is 2.34. The zero-order chi connectivity index (χ0) is 11.5. The number of hydrogen-bond donors (Lipinski definition) is 2. The molecule has 1 aliphatic rings. The number of phenolic OH excluding ortho intramolecular Hbond substituents is 1. The lowest BCUT2D eigenvalue weighted by Crippen LogP contribution is -2.24. The summed E-state index contributed by atoms with van der Waals surface area (Å²) in [6.07, 6.45) is 4.84. The van der Waals surface area contributed by atoms with Crippen LogP contribution in [0.5, 0.6) is 5.75 Å². The summed E-state index contributed by atoms with van der Waals surface area (Å²) in [6, 6.07) is 6.90. The summed E-state index contributed by atoms with van der Waals surface area (Å²) in [5.74, 6) is 0.121. The number of carbonyl (C=O) groups is 1. The lowest BCUT2D eigenvalue weighted by molar-refractivity contribution is -0.113. The van der Waals surface area contributed by atoms with E-state index >= 15 is 0 Å². The Labute approximate surface area is 97.7 Å². The van der Waals surface area contributed by atoms with Crippen LogP contribution < -0.4 is 5.73 Å². The molecule has 0 heterocycles. The first-order chi connectivity index (χ1) is 7.68. The van der Waals surface area contributed by atoms with Crippen LogP contribution in [0.1, 0.15) is 0 Å². The van der Waals surface area contributed by atoms with Gasteiger partial charge in [-0.3, -0.25) is 4.79 Å². The van der Waals surface area contributed by atoms with Gasteiger partial charge in [0.25, 0.3) is 0 Å². The molecular weight excluding hydrogens is 222 g/mol. The van der Waals surface area contributed by atoms with Crippen LogP contribution in [-0.4, -0.2) is 16.1 Å². The van der Waals surface area contributed by atoms with Crippen molar-refractivity contribution in [3.63, 3.8) is 0 Å². The van der Waals surface area contributed by atoms with E-state index in [0.29, 0.717) is 10.6 Å². The Morgan fingerprint density at radius 2 is 2.06 bits per heavy atom. The van der Waals surface area contributed by atoms with E-state index in [1.807, 2.05) is 6.07 Å². The minimum absolute atomic E-state index is 0.0479. The summed E-state index contributed by atoms with van der Waals surface area (Å²) in [5.41, 5.74) is 6.27. The third-order valence-corrected chi connectivity index (χ3v) is 3.56. The van der Waals surface area contributed by atoms with Crippen LogP contribution >= 0.6 is 11.8 Å². The number of para-hydroxylation sites is 1. The second-order valence-corrected chi connectivity index (χ2v) is 4.54. The van der Waals surface area contributed by atoms with E-state index < -0.39 is 5.25 Å². The maximum absolute atomic E-state index is 11.6. The highest BCUT2D eigenvalue weighted by Gasteiger charge is 2.23. The molecule has 3 N–H and O–H groups in total. The van der Waals surface area contributed by atoms with Gasteiger partial charge in [0.15, 0.2) is 5.78 Å². The molecule has 0 spiro atoms. The van der Waals surface area contributed by atoms with Crippen LogP contribution in [-0.2, 0) is 4.79 Å². The molecule has 16 heavy (non-hydrogen) atoms. The van der Waals surface area contributed by atoms with E-state index in [1.54, 1.807) is 30.4 Å². The quantitative estimate of drug-likeness (QED) is 0.818. The fourth-order valence-corrected chi connectivity index (χ4v) is 2.41. The van der Waals surface area contributed by atoms with Crippen molar-refractivity contribution < 1.29 is 9.90 Å². The molecule has 0 saturated carbocycles. The Morgan fingerprint density at radius 3 is 2.75 bits per heavy atom. The molecule has 4 heteroatoms. The van der Waals surface area contributed by atoms with Crippen LogP contribution in [0, 0.1) is 0 Å². The lowest BCUT2D eigenvalue weighted by atomic mass is 10.1. The number of aromatic hydroxyl groups is 1. The number of benzene rings is 1. The Balaban J connectivity index is 2.22. The van der Waals surface area contributed by atoms with Crippen molar-refractivity contribution in [2.45, 2.75) is 10.1 Å². The molecule has 0 aliphatic heterocycles. The lowest BCUT2D eigenvalue weighted by Gasteiger charge is -2.16. The van der Waals surface area contributed by atoms with Crippen molar-refractivity contribution >= 4 is 17.5 Å². The van der Waals surface area contributed by atoms with E-state index in [2.05, 4.69) is 0 Å². The minimum Gasteiger partial charge on any atom is -0.507 e. The second-order valence-electron chi connectivity index (χ2n) is 3.39. The molecular formula is C12H11NO2S. The van der Waals surface area contributed by atoms with Gasteiger partial charge in [-0.05, 0) is 24.3 Å². The largest absolute Gasteiger partial charge is 0.507 e. The standard InChI is InChI=1S/C12H11NO2S/c13-8-4-3-6-10(15)12(8)16-11-7-2-1-5-9(11)14/h1-7,12,14H,13H2. The SMILES string of the molecule is NC1=CC=CC(=O)C1Sc1ccccc1O. The van der Waals surface area contributed by atoms with Crippen molar-refractivity contribution in [2.24, 2.45) is 5.73 Å². The summed E-state index contributed by atoms with van der Waals surface area (Å²) < 4.78 is 0. The predicted molar refractivity (Wildman–Crippen MR) is 64.2 cm³/mol. The van der Waals surface area contributed by atoms with Crippen molar-refractivity contribution in [2.75, 3.05) is 0 Å². The van der Waals surface area contributed by atoms with Crippen LogP contribution in [0.15, 0.2) is 53.1 Å². The smallest absolute Gasteiger partial charge is 0.174 e. The van der Waals surface area contributed by atoms with Gasteiger partial charge in [0, 0.05) is 5.70 Å². The first-order valence-electron chi connectivity index (χ1n) is 4.80. The van der Waals surface area contributed by atoms with Crippen molar-refractivity contribution in [1.29, 1.82) is 0 Å². The average Bonchev–Trinajstić information content (AvgIpc) is 2.26. The number of rotatable bonds is 2. The molecule has 0 fully saturated rings. The van der Waals surface area contributed by atoms with Crippen LogP contribution in [0.3, 0.4) is 0 Å². The van der Waals surface area contributed by atoms with Gasteiger partial charge in [-0.25, -0.2) is 0 Å². The summed E-state index contributed by atoms with van der Waals surface area (Å²) in [4.78, 5) is 12.3. The number of hydrogen-bond acceptors (Lipinski definition) is 4. The monoisotopic (exact) mass is 233 g/mol.